The molecule has 0 spiro atoms. The lowest BCUT2D eigenvalue weighted by Crippen LogP contribution is -2.58. The van der Waals surface area contributed by atoms with Crippen LogP contribution in [0.15, 0.2) is 35.6 Å². The summed E-state index contributed by atoms with van der Waals surface area (Å²) in [6.07, 6.45) is 1.60. The summed E-state index contributed by atoms with van der Waals surface area (Å²) in [4.78, 5) is 37.1. The Morgan fingerprint density at radius 1 is 1.21 bits per heavy atom. The molecule has 1 aromatic rings. The molecule has 3 aliphatic rings. The highest BCUT2D eigenvalue weighted by molar-refractivity contribution is 6.22. The Balaban J connectivity index is 1.95. The summed E-state index contributed by atoms with van der Waals surface area (Å²) in [7, 11) is 0. The third-order valence-corrected chi connectivity index (χ3v) is 6.20. The van der Waals surface area contributed by atoms with Crippen LogP contribution in [-0.4, -0.2) is 43.5 Å². The molecule has 0 bridgehead atoms. The number of aliphatic hydroxyl groups is 3. The molecule has 1 fully saturated rings. The summed E-state index contributed by atoms with van der Waals surface area (Å²) in [6, 6.07) is 3.00. The molecule has 1 amide bonds. The molecular weight excluding hydrogens is 378 g/mol. The van der Waals surface area contributed by atoms with E-state index in [1.54, 1.807) is 12.1 Å². The Kier molecular flexibility index (Phi) is 3.95. The van der Waals surface area contributed by atoms with E-state index in [-0.39, 0.29) is 36.1 Å². The van der Waals surface area contributed by atoms with Crippen LogP contribution in [0, 0.1) is 11.8 Å². The van der Waals surface area contributed by atoms with Gasteiger partial charge in [0.05, 0.1) is 5.56 Å². The average Bonchev–Trinajstić information content (AvgIpc) is 2.64. The molecule has 29 heavy (non-hydrogen) atoms. The van der Waals surface area contributed by atoms with Gasteiger partial charge in [-0.2, -0.15) is 0 Å². The summed E-state index contributed by atoms with van der Waals surface area (Å²) < 4.78 is 0. The number of carbonyl (C=O) groups is 3. The van der Waals surface area contributed by atoms with Crippen molar-refractivity contribution in [2.45, 2.75) is 24.9 Å². The van der Waals surface area contributed by atoms with Gasteiger partial charge in [-0.25, -0.2) is 0 Å². The maximum atomic E-state index is 13.3. The number of hydrogen-bond acceptors (Lipinski definition) is 7. The number of aromatic hydroxyl groups is 1. The van der Waals surface area contributed by atoms with Crippen molar-refractivity contribution in [3.8, 4) is 5.75 Å². The second-order valence-electron chi connectivity index (χ2n) is 7.64. The van der Waals surface area contributed by atoms with Crippen LogP contribution in [0.2, 0.25) is 0 Å². The van der Waals surface area contributed by atoms with Gasteiger partial charge in [0.25, 0.3) is 5.91 Å². The van der Waals surface area contributed by atoms with Gasteiger partial charge < -0.3 is 26.2 Å². The van der Waals surface area contributed by atoms with Crippen molar-refractivity contribution >= 4 is 29.3 Å². The van der Waals surface area contributed by atoms with Gasteiger partial charge in [-0.3, -0.25) is 14.4 Å². The number of Topliss-reactive ketones (excluding diaryl/α,β-unsaturated/α-hetero) is 2. The minimum Gasteiger partial charge on any atom is -0.508 e. The number of benzene rings is 1. The number of primary amides is 1. The molecule has 0 aliphatic heterocycles. The topological polar surface area (TPSA) is 158 Å². The van der Waals surface area contributed by atoms with Gasteiger partial charge in [-0.15, -0.1) is 0 Å². The lowest BCUT2D eigenvalue weighted by Gasteiger charge is -2.46. The van der Waals surface area contributed by atoms with Gasteiger partial charge in [0.1, 0.15) is 22.8 Å². The molecule has 3 atom stereocenters. The minimum atomic E-state index is -2.54. The predicted octanol–water partition coefficient (Wildman–Crippen LogP) is 1.07. The van der Waals surface area contributed by atoms with Crippen molar-refractivity contribution in [2.24, 2.45) is 17.6 Å². The smallest absolute Gasteiger partial charge is 0.255 e. The first-order chi connectivity index (χ1) is 13.6. The zero-order chi connectivity index (χ0) is 21.2. The van der Waals surface area contributed by atoms with Crippen molar-refractivity contribution in [1.82, 2.24) is 0 Å². The van der Waals surface area contributed by atoms with E-state index in [2.05, 4.69) is 6.58 Å². The van der Waals surface area contributed by atoms with E-state index in [0.717, 1.165) is 0 Å². The van der Waals surface area contributed by atoms with Crippen molar-refractivity contribution in [1.29, 1.82) is 0 Å². The number of nitrogens with two attached hydrogens (primary N) is 1. The number of amides is 1. The fraction of sp³-hybridized carbons (Fsp3) is 0.286. The third kappa shape index (κ3) is 2.32. The van der Waals surface area contributed by atoms with E-state index in [1.165, 1.54) is 6.07 Å². The van der Waals surface area contributed by atoms with Crippen LogP contribution >= 0.6 is 0 Å². The summed E-state index contributed by atoms with van der Waals surface area (Å²) in [6.45, 7) is 3.72. The van der Waals surface area contributed by atoms with E-state index in [4.69, 9.17) is 5.73 Å². The van der Waals surface area contributed by atoms with Crippen molar-refractivity contribution < 1.29 is 34.8 Å². The highest BCUT2D eigenvalue weighted by Gasteiger charge is 2.60. The van der Waals surface area contributed by atoms with E-state index in [0.29, 0.717) is 11.1 Å². The van der Waals surface area contributed by atoms with Gasteiger partial charge in [0, 0.05) is 17.9 Å². The standard InChI is InChI=1S/C21H19NO7/c1-2-8-3-4-12(23)15-11(8)6-9-5-10-7-13(24)16(20(22)28)19(27)21(10,29)18(26)14(9)17(15)25/h2-4,9-10,23,25,27,29H,1,5-7H2,(H2,22,28). The fourth-order valence-corrected chi connectivity index (χ4v) is 4.84. The molecule has 8 heteroatoms. The predicted molar refractivity (Wildman–Crippen MR) is 101 cm³/mol. The molecule has 0 aromatic heterocycles. The van der Waals surface area contributed by atoms with Crippen LogP contribution in [0.1, 0.15) is 29.5 Å². The van der Waals surface area contributed by atoms with Gasteiger partial charge in [0.15, 0.2) is 11.4 Å². The van der Waals surface area contributed by atoms with E-state index in [1.807, 2.05) is 0 Å². The van der Waals surface area contributed by atoms with Gasteiger partial charge in [0.2, 0.25) is 5.78 Å². The zero-order valence-electron chi connectivity index (χ0n) is 15.3. The quantitative estimate of drug-likeness (QED) is 0.467. The Hall–Kier alpha value is -3.39. The molecule has 4 rings (SSSR count). The number of ketones is 2. The molecule has 150 valence electrons. The Morgan fingerprint density at radius 2 is 1.90 bits per heavy atom. The van der Waals surface area contributed by atoms with Crippen LogP contribution in [-0.2, 0) is 20.8 Å². The molecule has 1 saturated carbocycles. The number of phenolic OH excluding ortho intramolecular Hbond substituents is 1. The minimum absolute atomic E-state index is 0.0644. The Bertz CT molecular complexity index is 1080. The average molecular weight is 397 g/mol. The second kappa shape index (κ2) is 6.05. The number of carbonyl (C=O) groups excluding carboxylic acids is 3. The Morgan fingerprint density at radius 3 is 2.52 bits per heavy atom. The molecule has 3 unspecified atom stereocenters. The van der Waals surface area contributed by atoms with E-state index >= 15 is 0 Å². The van der Waals surface area contributed by atoms with E-state index in [9.17, 15) is 34.8 Å². The monoisotopic (exact) mass is 397 g/mol. The third-order valence-electron chi connectivity index (χ3n) is 6.20. The molecule has 3 aliphatic carbocycles. The maximum absolute atomic E-state index is 13.3. The molecule has 0 radical (unpaired) electrons. The van der Waals surface area contributed by atoms with E-state index < -0.39 is 52.0 Å². The van der Waals surface area contributed by atoms with Crippen molar-refractivity contribution in [2.75, 3.05) is 0 Å². The van der Waals surface area contributed by atoms with Gasteiger partial charge >= 0.3 is 0 Å². The number of rotatable bonds is 2. The zero-order valence-corrected chi connectivity index (χ0v) is 15.3. The number of aliphatic hydroxyl groups excluding tert-OH is 2. The second-order valence-corrected chi connectivity index (χ2v) is 7.64. The van der Waals surface area contributed by atoms with Crippen LogP contribution in [0.5, 0.6) is 5.75 Å². The first-order valence-electron chi connectivity index (χ1n) is 9.07. The summed E-state index contributed by atoms with van der Waals surface area (Å²) in [5.74, 6) is -6.33. The first kappa shape index (κ1) is 18.9. The summed E-state index contributed by atoms with van der Waals surface area (Å²) in [5, 5.41) is 42.7. The summed E-state index contributed by atoms with van der Waals surface area (Å²) >= 11 is 0. The Labute approximate surface area is 165 Å². The molecular formula is C21H19NO7. The van der Waals surface area contributed by atoms with Crippen molar-refractivity contribution in [3.63, 3.8) is 0 Å². The van der Waals surface area contributed by atoms with Crippen LogP contribution < -0.4 is 5.73 Å². The van der Waals surface area contributed by atoms with Gasteiger partial charge in [-0.05, 0) is 36.0 Å². The van der Waals surface area contributed by atoms with Crippen LogP contribution in [0.25, 0.3) is 11.8 Å². The molecule has 1 aromatic carbocycles. The van der Waals surface area contributed by atoms with Gasteiger partial charge in [-0.1, -0.05) is 18.7 Å². The highest BCUT2D eigenvalue weighted by atomic mass is 16.3. The lowest BCUT2D eigenvalue weighted by molar-refractivity contribution is -0.147. The molecule has 0 heterocycles. The number of fused-ring (bicyclic) bond motifs is 3. The highest BCUT2D eigenvalue weighted by Crippen LogP contribution is 2.52. The normalized spacial score (nSPS) is 28.6. The fourth-order valence-electron chi connectivity index (χ4n) is 4.84. The number of phenols is 1. The molecule has 6 N–H and O–H groups in total. The summed E-state index contributed by atoms with van der Waals surface area (Å²) in [5.41, 5.74) is 2.99. The SMILES string of the molecule is C=Cc1ccc(O)c2c1CC1CC3CC(=O)C(C(N)=O)=C(O)C3(O)C(=O)C1=C2O. The van der Waals surface area contributed by atoms with Crippen molar-refractivity contribution in [3.05, 3.63) is 52.3 Å². The molecule has 0 saturated heterocycles. The largest absolute Gasteiger partial charge is 0.508 e. The lowest BCUT2D eigenvalue weighted by atomic mass is 9.59. The molecule has 8 nitrogen and oxygen atoms in total. The number of hydrogen-bond donors (Lipinski definition) is 5. The van der Waals surface area contributed by atoms with Crippen LogP contribution in [0.4, 0.5) is 0 Å². The first-order valence-corrected chi connectivity index (χ1v) is 9.07. The van der Waals surface area contributed by atoms with Crippen LogP contribution in [0.3, 0.4) is 0 Å². The maximum Gasteiger partial charge on any atom is 0.255 e.